The molecule has 37 heavy (non-hydrogen) atoms. The number of fused-ring (bicyclic) bond motifs is 1. The minimum Gasteiger partial charge on any atom is -0.455 e. The van der Waals surface area contributed by atoms with Gasteiger partial charge >= 0.3 is 0 Å². The van der Waals surface area contributed by atoms with E-state index in [1.165, 1.54) is 22.7 Å². The number of carbonyl (C=O) groups excluding carboxylic acids is 1. The van der Waals surface area contributed by atoms with Crippen LogP contribution >= 0.6 is 0 Å². The Labute approximate surface area is 218 Å². The van der Waals surface area contributed by atoms with Gasteiger partial charge in [0.15, 0.2) is 5.78 Å². The molecule has 1 heterocycles. The lowest BCUT2D eigenvalue weighted by Crippen LogP contribution is -2.31. The van der Waals surface area contributed by atoms with Crippen LogP contribution in [0, 0.1) is 11.7 Å². The van der Waals surface area contributed by atoms with E-state index >= 15 is 0 Å². The predicted molar refractivity (Wildman–Crippen MR) is 148 cm³/mol. The van der Waals surface area contributed by atoms with Gasteiger partial charge in [-0.2, -0.15) is 0 Å². The fourth-order valence-electron chi connectivity index (χ4n) is 4.55. The van der Waals surface area contributed by atoms with Crippen LogP contribution in [0.4, 0.5) is 10.1 Å². The lowest BCUT2D eigenvalue weighted by atomic mass is 9.96. The van der Waals surface area contributed by atoms with Crippen LogP contribution in [0.1, 0.15) is 50.4 Å². The maximum absolute atomic E-state index is 13.6. The van der Waals surface area contributed by atoms with Crippen LogP contribution in [0.25, 0.3) is 33.4 Å². The van der Waals surface area contributed by atoms with Crippen LogP contribution in [0.3, 0.4) is 0 Å². The smallest absolute Gasteiger partial charge is 0.232 e. The number of hydrogen-bond donors (Lipinski definition) is 0. The number of rotatable bonds is 10. The quantitative estimate of drug-likeness (QED) is 0.201. The molecule has 3 aromatic carbocycles. The second-order valence-corrected chi connectivity index (χ2v) is 11.6. The molecule has 0 aliphatic rings. The molecule has 0 spiro atoms. The van der Waals surface area contributed by atoms with Gasteiger partial charge < -0.3 is 4.42 Å². The molecule has 0 saturated carbocycles. The number of sulfonamides is 1. The van der Waals surface area contributed by atoms with Gasteiger partial charge in [0.1, 0.15) is 17.2 Å². The molecule has 0 aliphatic carbocycles. The van der Waals surface area contributed by atoms with Crippen LogP contribution in [0.2, 0.25) is 0 Å². The van der Waals surface area contributed by atoms with Gasteiger partial charge in [0.2, 0.25) is 10.0 Å². The third-order valence-corrected chi connectivity index (χ3v) is 7.59. The molecule has 0 unspecified atom stereocenters. The first kappa shape index (κ1) is 26.6. The van der Waals surface area contributed by atoms with Gasteiger partial charge in [-0.1, -0.05) is 51.1 Å². The number of furan rings is 1. The van der Waals surface area contributed by atoms with Crippen LogP contribution in [-0.4, -0.2) is 27.0 Å². The minimum absolute atomic E-state index is 0.110. The summed E-state index contributed by atoms with van der Waals surface area (Å²) in [6.07, 6.45) is 3.06. The zero-order valence-electron chi connectivity index (χ0n) is 21.6. The largest absolute Gasteiger partial charge is 0.455 e. The SMILES string of the molecule is CCC(=O)c1c(-c2ccc(F)cc2)oc2cc(N(CCCC(C)C)S(C)(=O)=O)c(-c3ccccc3)cc12. The van der Waals surface area contributed by atoms with E-state index in [4.69, 9.17) is 4.42 Å². The number of hydrogen-bond acceptors (Lipinski definition) is 4. The highest BCUT2D eigenvalue weighted by molar-refractivity contribution is 7.92. The standard InChI is InChI=1S/C30H32FNO4S/c1-5-27(33)29-25-18-24(21-11-7-6-8-12-21)26(32(37(4,34)35)17-9-10-20(2)3)19-28(25)36-30(29)22-13-15-23(31)16-14-22/h6-8,11-16,18-20H,5,9-10,17H2,1-4H3. The van der Waals surface area contributed by atoms with Crippen molar-refractivity contribution in [2.75, 3.05) is 17.1 Å². The first-order valence-electron chi connectivity index (χ1n) is 12.5. The van der Waals surface area contributed by atoms with Crippen LogP contribution < -0.4 is 4.31 Å². The Morgan fingerprint density at radius 1 is 1.00 bits per heavy atom. The lowest BCUT2D eigenvalue weighted by Gasteiger charge is -2.25. The van der Waals surface area contributed by atoms with Gasteiger partial charge in [0.05, 0.1) is 17.5 Å². The molecule has 7 heteroatoms. The molecular weight excluding hydrogens is 489 g/mol. The molecule has 0 radical (unpaired) electrons. The molecule has 0 saturated heterocycles. The lowest BCUT2D eigenvalue weighted by molar-refractivity contribution is 0.0989. The summed E-state index contributed by atoms with van der Waals surface area (Å²) in [5.74, 6) is 0.302. The van der Waals surface area contributed by atoms with Crippen molar-refractivity contribution in [2.45, 2.75) is 40.0 Å². The highest BCUT2D eigenvalue weighted by atomic mass is 32.2. The zero-order valence-corrected chi connectivity index (χ0v) is 22.4. The summed E-state index contributed by atoms with van der Waals surface area (Å²) in [5.41, 5.74) is 3.42. The number of benzene rings is 3. The van der Waals surface area contributed by atoms with Crippen LogP contribution in [-0.2, 0) is 10.0 Å². The molecule has 5 nitrogen and oxygen atoms in total. The van der Waals surface area contributed by atoms with Crippen molar-refractivity contribution in [1.29, 1.82) is 0 Å². The Kier molecular flexibility index (Phi) is 7.83. The summed E-state index contributed by atoms with van der Waals surface area (Å²) in [6, 6.07) is 18.9. The zero-order chi connectivity index (χ0) is 26.7. The van der Waals surface area contributed by atoms with Crippen molar-refractivity contribution in [3.63, 3.8) is 0 Å². The van der Waals surface area contributed by atoms with Crippen LogP contribution in [0.5, 0.6) is 0 Å². The number of carbonyl (C=O) groups is 1. The fraction of sp³-hybridized carbons (Fsp3) is 0.300. The topological polar surface area (TPSA) is 67.6 Å². The monoisotopic (exact) mass is 521 g/mol. The predicted octanol–water partition coefficient (Wildman–Crippen LogP) is 7.70. The molecule has 1 aromatic heterocycles. The number of halogens is 1. The molecular formula is C30H32FNO4S. The molecule has 0 atom stereocenters. The first-order chi connectivity index (χ1) is 17.6. The Bertz CT molecular complexity index is 1510. The molecule has 0 amide bonds. The first-order valence-corrected chi connectivity index (χ1v) is 14.4. The number of ketones is 1. The molecule has 0 aliphatic heterocycles. The summed E-state index contributed by atoms with van der Waals surface area (Å²) < 4.78 is 47.3. The maximum atomic E-state index is 13.6. The van der Waals surface area contributed by atoms with Gasteiger partial charge in [0.25, 0.3) is 0 Å². The molecule has 0 N–H and O–H groups in total. The minimum atomic E-state index is -3.61. The summed E-state index contributed by atoms with van der Waals surface area (Å²) >= 11 is 0. The second kappa shape index (κ2) is 10.9. The Morgan fingerprint density at radius 3 is 2.27 bits per heavy atom. The van der Waals surface area contributed by atoms with E-state index < -0.39 is 10.0 Å². The Morgan fingerprint density at radius 2 is 1.68 bits per heavy atom. The van der Waals surface area contributed by atoms with Crippen molar-refractivity contribution >= 4 is 32.5 Å². The van der Waals surface area contributed by atoms with E-state index in [0.717, 1.165) is 12.0 Å². The summed E-state index contributed by atoms with van der Waals surface area (Å²) in [6.45, 7) is 6.33. The third-order valence-electron chi connectivity index (χ3n) is 6.41. The normalized spacial score (nSPS) is 11.8. The third kappa shape index (κ3) is 5.77. The average Bonchev–Trinajstić information content (AvgIpc) is 3.24. The number of nitrogens with zero attached hydrogens (tertiary/aromatic N) is 1. The van der Waals surface area contributed by atoms with E-state index in [1.807, 2.05) is 36.4 Å². The highest BCUT2D eigenvalue weighted by Crippen LogP contribution is 2.42. The van der Waals surface area contributed by atoms with E-state index in [0.29, 0.717) is 58.0 Å². The van der Waals surface area contributed by atoms with Crippen LogP contribution in [0.15, 0.2) is 71.1 Å². The number of anilines is 1. The molecule has 0 fully saturated rings. The molecule has 4 rings (SSSR count). The van der Waals surface area contributed by atoms with E-state index in [2.05, 4.69) is 13.8 Å². The Hall–Kier alpha value is -3.45. The van der Waals surface area contributed by atoms with Gasteiger partial charge in [0, 0.05) is 35.5 Å². The number of Topliss-reactive ketones (excluding diaryl/α,β-unsaturated/α-hetero) is 1. The van der Waals surface area contributed by atoms with E-state index in [-0.39, 0.29) is 18.0 Å². The van der Waals surface area contributed by atoms with E-state index in [9.17, 15) is 17.6 Å². The van der Waals surface area contributed by atoms with Gasteiger partial charge in [-0.15, -0.1) is 0 Å². The van der Waals surface area contributed by atoms with Crippen molar-refractivity contribution in [2.24, 2.45) is 5.92 Å². The van der Waals surface area contributed by atoms with Gasteiger partial charge in [-0.3, -0.25) is 9.10 Å². The summed E-state index contributed by atoms with van der Waals surface area (Å²) in [4.78, 5) is 13.1. The second-order valence-electron chi connectivity index (χ2n) is 9.69. The Balaban J connectivity index is 2.01. The molecule has 194 valence electrons. The van der Waals surface area contributed by atoms with Gasteiger partial charge in [-0.25, -0.2) is 12.8 Å². The van der Waals surface area contributed by atoms with E-state index in [1.54, 1.807) is 25.1 Å². The fourth-order valence-corrected chi connectivity index (χ4v) is 5.52. The van der Waals surface area contributed by atoms with Crippen molar-refractivity contribution in [1.82, 2.24) is 0 Å². The maximum Gasteiger partial charge on any atom is 0.232 e. The summed E-state index contributed by atoms with van der Waals surface area (Å²) in [5, 5.41) is 0.601. The molecule has 4 aromatic rings. The molecule has 0 bridgehead atoms. The van der Waals surface area contributed by atoms with Gasteiger partial charge in [-0.05, 0) is 54.7 Å². The van der Waals surface area contributed by atoms with Crippen molar-refractivity contribution < 1.29 is 22.0 Å². The summed E-state index contributed by atoms with van der Waals surface area (Å²) in [7, 11) is -3.61. The highest BCUT2D eigenvalue weighted by Gasteiger charge is 2.27. The average molecular weight is 522 g/mol. The van der Waals surface area contributed by atoms with Crippen molar-refractivity contribution in [3.8, 4) is 22.5 Å². The van der Waals surface area contributed by atoms with Crippen molar-refractivity contribution in [3.05, 3.63) is 78.1 Å².